The predicted molar refractivity (Wildman–Crippen MR) is 81.1 cm³/mol. The zero-order valence-corrected chi connectivity index (χ0v) is 11.9. The SMILES string of the molecule is Cc1cnn2c(NCc3ccc(=O)n(C)c3)cc(N)nc12. The van der Waals surface area contributed by atoms with Crippen LogP contribution in [0.5, 0.6) is 0 Å². The molecule has 108 valence electrons. The van der Waals surface area contributed by atoms with E-state index in [1.54, 1.807) is 46.7 Å². The third-order valence-electron chi connectivity index (χ3n) is 3.29. The normalized spacial score (nSPS) is 11.0. The van der Waals surface area contributed by atoms with Crippen molar-refractivity contribution in [3.63, 3.8) is 0 Å². The van der Waals surface area contributed by atoms with Gasteiger partial charge in [-0.1, -0.05) is 6.07 Å². The molecule has 0 spiro atoms. The smallest absolute Gasteiger partial charge is 0.250 e. The lowest BCUT2D eigenvalue weighted by molar-refractivity contribution is 0.840. The van der Waals surface area contributed by atoms with Gasteiger partial charge in [0.1, 0.15) is 11.6 Å². The average Bonchev–Trinajstić information content (AvgIpc) is 2.81. The molecule has 7 nitrogen and oxygen atoms in total. The lowest BCUT2D eigenvalue weighted by Crippen LogP contribution is -2.16. The molecule has 0 fully saturated rings. The van der Waals surface area contributed by atoms with Crippen LogP contribution in [0.2, 0.25) is 0 Å². The quantitative estimate of drug-likeness (QED) is 0.746. The zero-order valence-electron chi connectivity index (χ0n) is 11.9. The topological polar surface area (TPSA) is 90.2 Å². The fraction of sp³-hybridized carbons (Fsp3) is 0.214. The van der Waals surface area contributed by atoms with Crippen LogP contribution >= 0.6 is 0 Å². The van der Waals surface area contributed by atoms with E-state index in [2.05, 4.69) is 15.4 Å². The van der Waals surface area contributed by atoms with E-state index in [9.17, 15) is 4.79 Å². The van der Waals surface area contributed by atoms with Crippen molar-refractivity contribution >= 4 is 17.3 Å². The number of fused-ring (bicyclic) bond motifs is 1. The van der Waals surface area contributed by atoms with Crippen LogP contribution in [-0.4, -0.2) is 19.2 Å². The molecule has 0 aliphatic rings. The summed E-state index contributed by atoms with van der Waals surface area (Å²) in [5, 5.41) is 7.55. The van der Waals surface area contributed by atoms with Crippen molar-refractivity contribution in [2.75, 3.05) is 11.1 Å². The van der Waals surface area contributed by atoms with Crippen LogP contribution in [0.4, 0.5) is 11.6 Å². The number of hydrogen-bond donors (Lipinski definition) is 2. The Hall–Kier alpha value is -2.83. The van der Waals surface area contributed by atoms with Crippen LogP contribution in [0.25, 0.3) is 5.65 Å². The largest absolute Gasteiger partial charge is 0.384 e. The molecule has 3 rings (SSSR count). The second kappa shape index (κ2) is 4.93. The highest BCUT2D eigenvalue weighted by atomic mass is 16.1. The first kappa shape index (κ1) is 13.2. The van der Waals surface area contributed by atoms with E-state index in [0.717, 1.165) is 22.6 Å². The van der Waals surface area contributed by atoms with Gasteiger partial charge in [0.25, 0.3) is 0 Å². The van der Waals surface area contributed by atoms with Crippen LogP contribution < -0.4 is 16.6 Å². The van der Waals surface area contributed by atoms with Gasteiger partial charge in [-0.3, -0.25) is 4.79 Å². The standard InChI is InChI=1S/C14H16N6O/c1-9-6-17-20-12(5-11(15)18-14(9)20)16-7-10-3-4-13(21)19(2)8-10/h3-6,8,16H,7H2,1-2H3,(H2,15,18). The first-order chi connectivity index (χ1) is 10.0. The Morgan fingerprint density at radius 3 is 2.95 bits per heavy atom. The fourth-order valence-electron chi connectivity index (χ4n) is 2.17. The van der Waals surface area contributed by atoms with Crippen molar-refractivity contribution in [3.05, 3.63) is 52.1 Å². The summed E-state index contributed by atoms with van der Waals surface area (Å²) in [5.74, 6) is 1.20. The highest BCUT2D eigenvalue weighted by Crippen LogP contribution is 2.17. The second-order valence-corrected chi connectivity index (χ2v) is 4.97. The number of nitrogen functional groups attached to an aromatic ring is 1. The first-order valence-corrected chi connectivity index (χ1v) is 6.55. The summed E-state index contributed by atoms with van der Waals surface area (Å²) >= 11 is 0. The molecular formula is C14H16N6O. The van der Waals surface area contributed by atoms with E-state index in [4.69, 9.17) is 5.73 Å². The maximum absolute atomic E-state index is 11.4. The molecule has 0 saturated carbocycles. The second-order valence-electron chi connectivity index (χ2n) is 4.97. The summed E-state index contributed by atoms with van der Waals surface area (Å²) in [6.45, 7) is 2.50. The van der Waals surface area contributed by atoms with Crippen LogP contribution in [0.15, 0.2) is 35.4 Å². The first-order valence-electron chi connectivity index (χ1n) is 6.55. The van der Waals surface area contributed by atoms with E-state index in [-0.39, 0.29) is 5.56 Å². The summed E-state index contributed by atoms with van der Waals surface area (Å²) in [6, 6.07) is 5.08. The molecule has 0 aromatic carbocycles. The van der Waals surface area contributed by atoms with Gasteiger partial charge in [0, 0.05) is 37.5 Å². The van der Waals surface area contributed by atoms with Gasteiger partial charge < -0.3 is 15.6 Å². The molecule has 0 aliphatic heterocycles. The number of rotatable bonds is 3. The summed E-state index contributed by atoms with van der Waals surface area (Å²) in [7, 11) is 1.73. The van der Waals surface area contributed by atoms with Gasteiger partial charge in [-0.05, 0) is 12.5 Å². The summed E-state index contributed by atoms with van der Waals surface area (Å²) < 4.78 is 3.26. The van der Waals surface area contributed by atoms with Crippen molar-refractivity contribution in [3.8, 4) is 0 Å². The summed E-state index contributed by atoms with van der Waals surface area (Å²) in [4.78, 5) is 15.6. The van der Waals surface area contributed by atoms with Gasteiger partial charge in [-0.25, -0.2) is 4.98 Å². The maximum Gasteiger partial charge on any atom is 0.250 e. The molecule has 7 heteroatoms. The zero-order chi connectivity index (χ0) is 15.0. The maximum atomic E-state index is 11.4. The van der Waals surface area contributed by atoms with E-state index in [1.165, 1.54) is 0 Å². The number of nitrogens with two attached hydrogens (primary N) is 1. The van der Waals surface area contributed by atoms with Crippen LogP contribution in [0.1, 0.15) is 11.1 Å². The van der Waals surface area contributed by atoms with Gasteiger partial charge in [-0.2, -0.15) is 9.61 Å². The molecule has 0 saturated heterocycles. The summed E-state index contributed by atoms with van der Waals surface area (Å²) in [6.07, 6.45) is 3.55. The van der Waals surface area contributed by atoms with E-state index >= 15 is 0 Å². The molecule has 0 radical (unpaired) electrons. The molecule has 0 bridgehead atoms. The van der Waals surface area contributed by atoms with Crippen molar-refractivity contribution in [1.82, 2.24) is 19.2 Å². The molecular weight excluding hydrogens is 268 g/mol. The van der Waals surface area contributed by atoms with Gasteiger partial charge in [0.2, 0.25) is 5.56 Å². The number of nitrogens with one attached hydrogen (secondary N) is 1. The lowest BCUT2D eigenvalue weighted by atomic mass is 10.3. The van der Waals surface area contributed by atoms with Crippen molar-refractivity contribution < 1.29 is 0 Å². The Kier molecular flexibility index (Phi) is 3.09. The molecule has 3 heterocycles. The molecule has 0 amide bonds. The molecule has 0 aliphatic carbocycles. The number of hydrogen-bond acceptors (Lipinski definition) is 5. The minimum absolute atomic E-state index is 0.0306. The predicted octanol–water partition coefficient (Wildman–Crippen LogP) is 0.931. The van der Waals surface area contributed by atoms with Crippen molar-refractivity contribution in [1.29, 1.82) is 0 Å². The summed E-state index contributed by atoms with van der Waals surface area (Å²) in [5.41, 5.74) is 8.49. The highest BCUT2D eigenvalue weighted by molar-refractivity contribution is 5.58. The molecule has 3 aromatic heterocycles. The number of nitrogens with zero attached hydrogens (tertiary/aromatic N) is 4. The molecule has 3 N–H and O–H groups in total. The Morgan fingerprint density at radius 1 is 1.38 bits per heavy atom. The minimum Gasteiger partial charge on any atom is -0.384 e. The van der Waals surface area contributed by atoms with Gasteiger partial charge in [0.15, 0.2) is 5.65 Å². The third kappa shape index (κ3) is 2.45. The number of aryl methyl sites for hydroxylation is 2. The lowest BCUT2D eigenvalue weighted by Gasteiger charge is -2.10. The van der Waals surface area contributed by atoms with Crippen LogP contribution in [0.3, 0.4) is 0 Å². The van der Waals surface area contributed by atoms with Gasteiger partial charge in [0.05, 0.1) is 6.20 Å². The third-order valence-corrected chi connectivity index (χ3v) is 3.29. The van der Waals surface area contributed by atoms with E-state index in [1.807, 2.05) is 6.92 Å². The number of pyridine rings is 1. The van der Waals surface area contributed by atoms with Gasteiger partial charge in [-0.15, -0.1) is 0 Å². The average molecular weight is 284 g/mol. The van der Waals surface area contributed by atoms with Gasteiger partial charge >= 0.3 is 0 Å². The highest BCUT2D eigenvalue weighted by Gasteiger charge is 2.07. The van der Waals surface area contributed by atoms with Crippen molar-refractivity contribution in [2.24, 2.45) is 7.05 Å². The number of anilines is 2. The Morgan fingerprint density at radius 2 is 2.19 bits per heavy atom. The Bertz CT molecular complexity index is 864. The molecule has 21 heavy (non-hydrogen) atoms. The molecule has 3 aromatic rings. The van der Waals surface area contributed by atoms with E-state index < -0.39 is 0 Å². The number of aromatic nitrogens is 4. The minimum atomic E-state index is -0.0306. The van der Waals surface area contributed by atoms with Crippen LogP contribution in [-0.2, 0) is 13.6 Å². The fourth-order valence-corrected chi connectivity index (χ4v) is 2.17. The Balaban J connectivity index is 1.91. The van der Waals surface area contributed by atoms with Crippen molar-refractivity contribution in [2.45, 2.75) is 13.5 Å². The molecule has 0 atom stereocenters. The Labute approximate surface area is 121 Å². The van der Waals surface area contributed by atoms with Crippen LogP contribution in [0, 0.1) is 6.92 Å². The van der Waals surface area contributed by atoms with E-state index in [0.29, 0.717) is 12.4 Å². The molecule has 0 unspecified atom stereocenters. The monoisotopic (exact) mass is 284 g/mol.